The molecule has 0 heterocycles. The first-order chi connectivity index (χ1) is 9.36. The van der Waals surface area contributed by atoms with Gasteiger partial charge in [-0.05, 0) is 49.4 Å². The van der Waals surface area contributed by atoms with Crippen molar-refractivity contribution in [3.63, 3.8) is 0 Å². The number of nitrogens with one attached hydrogen (secondary N) is 1. The van der Waals surface area contributed by atoms with Crippen LogP contribution in [0.1, 0.15) is 33.3 Å². The van der Waals surface area contributed by atoms with Gasteiger partial charge in [0.25, 0.3) is 0 Å². The third-order valence-corrected chi connectivity index (χ3v) is 3.99. The summed E-state index contributed by atoms with van der Waals surface area (Å²) >= 11 is 0. The van der Waals surface area contributed by atoms with Gasteiger partial charge in [0.05, 0.1) is 17.6 Å². The molecule has 0 unspecified atom stereocenters. The molecule has 3 nitrogen and oxygen atoms in total. The van der Waals surface area contributed by atoms with Crippen LogP contribution in [0.5, 0.6) is 0 Å². The van der Waals surface area contributed by atoms with Crippen LogP contribution in [-0.4, -0.2) is 5.91 Å². The highest BCUT2D eigenvalue weighted by Gasteiger charge is 2.60. The topological polar surface area (TPSA) is 52.9 Å². The second-order valence-corrected chi connectivity index (χ2v) is 6.25. The lowest BCUT2D eigenvalue weighted by Gasteiger charge is -2.06. The van der Waals surface area contributed by atoms with E-state index in [1.807, 2.05) is 0 Å². The molecule has 1 aliphatic rings. The molecule has 0 spiro atoms. The Morgan fingerprint density at radius 2 is 1.90 bits per heavy atom. The Kier molecular flexibility index (Phi) is 3.67. The van der Waals surface area contributed by atoms with Crippen LogP contribution in [0.25, 0.3) is 0 Å². The van der Waals surface area contributed by atoms with Crippen LogP contribution in [0.3, 0.4) is 0 Å². The Morgan fingerprint density at radius 3 is 2.40 bits per heavy atom. The minimum atomic E-state index is 0.0213. The molecule has 2 atom stereocenters. The molecule has 1 N–H and O–H groups in total. The fourth-order valence-corrected chi connectivity index (χ4v) is 2.70. The molecule has 1 aromatic carbocycles. The number of amides is 1. The van der Waals surface area contributed by atoms with Crippen molar-refractivity contribution in [2.45, 2.75) is 27.7 Å². The Morgan fingerprint density at radius 1 is 1.30 bits per heavy atom. The van der Waals surface area contributed by atoms with Crippen LogP contribution in [0.4, 0.5) is 5.69 Å². The molecule has 3 heteroatoms. The summed E-state index contributed by atoms with van der Waals surface area (Å²) in [5.41, 5.74) is 2.61. The summed E-state index contributed by atoms with van der Waals surface area (Å²) in [7, 11) is 0. The van der Waals surface area contributed by atoms with Crippen molar-refractivity contribution in [1.82, 2.24) is 0 Å². The predicted molar refractivity (Wildman–Crippen MR) is 80.0 cm³/mol. The maximum Gasteiger partial charge on any atom is 0.228 e. The van der Waals surface area contributed by atoms with Crippen LogP contribution < -0.4 is 5.32 Å². The van der Waals surface area contributed by atoms with Crippen LogP contribution in [0.15, 0.2) is 35.9 Å². The summed E-state index contributed by atoms with van der Waals surface area (Å²) in [6, 6.07) is 9.01. The van der Waals surface area contributed by atoms with Gasteiger partial charge in [-0.3, -0.25) is 4.79 Å². The highest BCUT2D eigenvalue weighted by atomic mass is 16.2. The van der Waals surface area contributed by atoms with Gasteiger partial charge in [-0.1, -0.05) is 25.5 Å². The lowest BCUT2D eigenvalue weighted by atomic mass is 10.1. The lowest BCUT2D eigenvalue weighted by molar-refractivity contribution is -0.118. The Bertz CT molecular complexity index is 586. The SMILES string of the molecule is CC(C)=C[C@@H]1[C@H](C(=O)Nc2ccc(C#N)cc2)C1(C)C. The molecular weight excluding hydrogens is 248 g/mol. The molecule has 1 aromatic rings. The van der Waals surface area contributed by atoms with Crippen molar-refractivity contribution in [1.29, 1.82) is 5.26 Å². The van der Waals surface area contributed by atoms with E-state index in [2.05, 4.69) is 45.2 Å². The van der Waals surface area contributed by atoms with Gasteiger partial charge >= 0.3 is 0 Å². The molecule has 2 rings (SSSR count). The molecule has 1 amide bonds. The van der Waals surface area contributed by atoms with E-state index >= 15 is 0 Å². The van der Waals surface area contributed by atoms with E-state index in [0.29, 0.717) is 11.5 Å². The molecule has 0 aromatic heterocycles. The quantitative estimate of drug-likeness (QED) is 0.849. The minimum Gasteiger partial charge on any atom is -0.326 e. The summed E-state index contributed by atoms with van der Waals surface area (Å²) in [5.74, 6) is 0.390. The van der Waals surface area contributed by atoms with Gasteiger partial charge in [-0.15, -0.1) is 0 Å². The van der Waals surface area contributed by atoms with Gasteiger partial charge in [0.2, 0.25) is 5.91 Å². The number of hydrogen-bond donors (Lipinski definition) is 1. The molecule has 0 aliphatic heterocycles. The fraction of sp³-hybridized carbons (Fsp3) is 0.412. The van der Waals surface area contributed by atoms with Gasteiger partial charge in [0.15, 0.2) is 0 Å². The van der Waals surface area contributed by atoms with Crippen LogP contribution in [0.2, 0.25) is 0 Å². The normalized spacial score (nSPS) is 22.6. The average Bonchev–Trinajstić information content (AvgIpc) is 2.91. The average molecular weight is 268 g/mol. The van der Waals surface area contributed by atoms with E-state index < -0.39 is 0 Å². The summed E-state index contributed by atoms with van der Waals surface area (Å²) in [4.78, 5) is 12.3. The zero-order valence-electron chi connectivity index (χ0n) is 12.4. The van der Waals surface area contributed by atoms with E-state index in [-0.39, 0.29) is 17.2 Å². The van der Waals surface area contributed by atoms with Gasteiger partial charge < -0.3 is 5.32 Å². The number of benzene rings is 1. The maximum absolute atomic E-state index is 12.3. The number of carbonyl (C=O) groups is 1. The number of carbonyl (C=O) groups excluding carboxylic acids is 1. The molecule has 0 bridgehead atoms. The fourth-order valence-electron chi connectivity index (χ4n) is 2.70. The summed E-state index contributed by atoms with van der Waals surface area (Å²) in [6.07, 6.45) is 2.18. The summed E-state index contributed by atoms with van der Waals surface area (Å²) < 4.78 is 0. The molecule has 0 saturated heterocycles. The lowest BCUT2D eigenvalue weighted by Crippen LogP contribution is -2.16. The summed E-state index contributed by atoms with van der Waals surface area (Å²) in [6.45, 7) is 8.37. The van der Waals surface area contributed by atoms with Crippen molar-refractivity contribution in [2.75, 3.05) is 5.32 Å². The van der Waals surface area contributed by atoms with Gasteiger partial charge in [0.1, 0.15) is 0 Å². The number of rotatable bonds is 3. The molecule has 1 aliphatic carbocycles. The third kappa shape index (κ3) is 2.75. The number of hydrogen-bond acceptors (Lipinski definition) is 2. The predicted octanol–water partition coefficient (Wildman–Crippen LogP) is 3.74. The van der Waals surface area contributed by atoms with E-state index in [4.69, 9.17) is 5.26 Å². The molecule has 104 valence electrons. The molecular formula is C17H20N2O. The largest absolute Gasteiger partial charge is 0.326 e. The maximum atomic E-state index is 12.3. The van der Waals surface area contributed by atoms with E-state index in [1.165, 1.54) is 5.57 Å². The van der Waals surface area contributed by atoms with Gasteiger partial charge in [0, 0.05) is 5.69 Å². The van der Waals surface area contributed by atoms with Crippen molar-refractivity contribution >= 4 is 11.6 Å². The van der Waals surface area contributed by atoms with Crippen LogP contribution in [-0.2, 0) is 4.79 Å². The van der Waals surface area contributed by atoms with Crippen molar-refractivity contribution in [3.8, 4) is 6.07 Å². The standard InChI is InChI=1S/C17H20N2O/c1-11(2)9-14-15(17(14,3)4)16(20)19-13-7-5-12(10-18)6-8-13/h5-9,14-15H,1-4H3,(H,19,20)/t14-,15-/m1/s1. The highest BCUT2D eigenvalue weighted by molar-refractivity contribution is 5.95. The van der Waals surface area contributed by atoms with E-state index in [0.717, 1.165) is 5.69 Å². The monoisotopic (exact) mass is 268 g/mol. The summed E-state index contributed by atoms with van der Waals surface area (Å²) in [5, 5.41) is 11.7. The van der Waals surface area contributed by atoms with Crippen molar-refractivity contribution in [3.05, 3.63) is 41.5 Å². The van der Waals surface area contributed by atoms with Crippen LogP contribution in [0, 0.1) is 28.6 Å². The first kappa shape index (κ1) is 14.3. The highest BCUT2D eigenvalue weighted by Crippen LogP contribution is 2.59. The van der Waals surface area contributed by atoms with Crippen molar-refractivity contribution < 1.29 is 4.79 Å². The first-order valence-electron chi connectivity index (χ1n) is 6.82. The first-order valence-corrected chi connectivity index (χ1v) is 6.82. The van der Waals surface area contributed by atoms with Crippen molar-refractivity contribution in [2.24, 2.45) is 17.3 Å². The minimum absolute atomic E-state index is 0.0213. The number of nitrogens with zero attached hydrogens (tertiary/aromatic N) is 1. The number of allylic oxidation sites excluding steroid dienone is 2. The Hall–Kier alpha value is -2.08. The van der Waals surface area contributed by atoms with Gasteiger partial charge in [-0.25, -0.2) is 0 Å². The van der Waals surface area contributed by atoms with Gasteiger partial charge in [-0.2, -0.15) is 5.26 Å². The molecule has 20 heavy (non-hydrogen) atoms. The second kappa shape index (κ2) is 5.13. The Balaban J connectivity index is 2.06. The zero-order chi connectivity index (χ0) is 14.9. The van der Waals surface area contributed by atoms with Crippen LogP contribution >= 0.6 is 0 Å². The number of nitriles is 1. The Labute approximate surface area is 120 Å². The van der Waals surface area contributed by atoms with E-state index in [9.17, 15) is 4.79 Å². The molecule has 0 radical (unpaired) electrons. The number of anilines is 1. The molecule has 1 saturated carbocycles. The third-order valence-electron chi connectivity index (χ3n) is 3.99. The zero-order valence-corrected chi connectivity index (χ0v) is 12.4. The molecule has 1 fully saturated rings. The van der Waals surface area contributed by atoms with E-state index in [1.54, 1.807) is 24.3 Å². The smallest absolute Gasteiger partial charge is 0.228 e. The second-order valence-electron chi connectivity index (χ2n) is 6.25.